The number of hydrogen-bond donors (Lipinski definition) is 1. The molecule has 0 radical (unpaired) electrons. The maximum Gasteiger partial charge on any atom is 0.341 e. The van der Waals surface area contributed by atoms with Gasteiger partial charge in [0.1, 0.15) is 5.76 Å². The molecule has 4 heterocycles. The van der Waals surface area contributed by atoms with Gasteiger partial charge in [-0.2, -0.15) is 5.10 Å². The third-order valence-corrected chi connectivity index (χ3v) is 5.89. The van der Waals surface area contributed by atoms with Gasteiger partial charge in [-0.15, -0.1) is 0 Å². The number of hydrogen-bond acceptors (Lipinski definition) is 6. The van der Waals surface area contributed by atoms with Crippen LogP contribution in [0.25, 0.3) is 0 Å². The van der Waals surface area contributed by atoms with E-state index in [1.807, 2.05) is 16.8 Å². The van der Waals surface area contributed by atoms with Crippen molar-refractivity contribution in [2.75, 3.05) is 39.4 Å². The molecule has 2 fully saturated rings. The zero-order chi connectivity index (χ0) is 22.2. The molecule has 174 valence electrons. The highest BCUT2D eigenvalue weighted by molar-refractivity contribution is 5.88. The Morgan fingerprint density at radius 2 is 2.31 bits per heavy atom. The summed E-state index contributed by atoms with van der Waals surface area (Å²) in [6.07, 6.45) is 10.3. The van der Waals surface area contributed by atoms with Crippen LogP contribution in [0, 0.1) is 0 Å². The number of nitrogens with one attached hydrogen (secondary N) is 1. The van der Waals surface area contributed by atoms with Crippen LogP contribution < -0.4 is 5.32 Å². The Labute approximate surface area is 188 Å². The van der Waals surface area contributed by atoms with E-state index in [4.69, 9.17) is 18.9 Å². The number of aliphatic imine (C=N–C) groups is 1. The fourth-order valence-corrected chi connectivity index (χ4v) is 4.22. The van der Waals surface area contributed by atoms with Gasteiger partial charge in [0.25, 0.3) is 0 Å². The Hall–Kier alpha value is -2.81. The number of rotatable bonds is 8. The molecule has 2 aliphatic rings. The average Bonchev–Trinajstić information content (AvgIpc) is 3.59. The zero-order valence-electron chi connectivity index (χ0n) is 18.7. The van der Waals surface area contributed by atoms with Crippen LogP contribution in [0.4, 0.5) is 0 Å². The third-order valence-electron chi connectivity index (χ3n) is 5.89. The third kappa shape index (κ3) is 5.91. The molecule has 0 aliphatic carbocycles. The first kappa shape index (κ1) is 22.4. The van der Waals surface area contributed by atoms with Crippen molar-refractivity contribution >= 4 is 11.9 Å². The standard InChI is InChI=1S/C23H33N5O4/c1-2-30-22(29)18-14-26-28(16-18)19-6-3-11-27(17-19)23(25-15-21-8-5-13-32-21)24-10-9-20-7-4-12-31-20/h4,7,12,14,16,19,21H,2-3,5-6,8-11,13,15,17H2,1H3,(H,24,25). The number of furan rings is 1. The molecule has 0 bridgehead atoms. The van der Waals surface area contributed by atoms with Crippen LogP contribution in [-0.4, -0.2) is 72.1 Å². The molecule has 2 aromatic rings. The average molecular weight is 444 g/mol. The molecule has 2 aromatic heterocycles. The fourth-order valence-electron chi connectivity index (χ4n) is 4.22. The van der Waals surface area contributed by atoms with E-state index >= 15 is 0 Å². The lowest BCUT2D eigenvalue weighted by molar-refractivity contribution is 0.0526. The van der Waals surface area contributed by atoms with Crippen molar-refractivity contribution in [1.82, 2.24) is 20.0 Å². The van der Waals surface area contributed by atoms with Gasteiger partial charge in [-0.1, -0.05) is 0 Å². The summed E-state index contributed by atoms with van der Waals surface area (Å²) in [7, 11) is 0. The lowest BCUT2D eigenvalue weighted by Crippen LogP contribution is -2.48. The van der Waals surface area contributed by atoms with Gasteiger partial charge in [-0.3, -0.25) is 9.67 Å². The number of likely N-dealkylation sites (tertiary alicyclic amines) is 1. The molecule has 0 spiro atoms. The van der Waals surface area contributed by atoms with E-state index in [2.05, 4.69) is 15.3 Å². The Morgan fingerprint density at radius 3 is 3.09 bits per heavy atom. The van der Waals surface area contributed by atoms with E-state index in [9.17, 15) is 4.79 Å². The van der Waals surface area contributed by atoms with Crippen LogP contribution in [0.2, 0.25) is 0 Å². The normalized spacial score (nSPS) is 21.7. The molecule has 2 unspecified atom stereocenters. The minimum Gasteiger partial charge on any atom is -0.469 e. The second kappa shape index (κ2) is 11.2. The van der Waals surface area contributed by atoms with E-state index in [0.29, 0.717) is 18.7 Å². The molecule has 9 heteroatoms. The molecule has 0 aromatic carbocycles. The molecule has 2 saturated heterocycles. The van der Waals surface area contributed by atoms with Crippen LogP contribution in [0.15, 0.2) is 40.2 Å². The SMILES string of the molecule is CCOC(=O)c1cnn(C2CCCN(C(=NCC3CCCO3)NCCc3ccco3)C2)c1. The number of carbonyl (C=O) groups excluding carboxylic acids is 1. The molecule has 32 heavy (non-hydrogen) atoms. The second-order valence-electron chi connectivity index (χ2n) is 8.23. The summed E-state index contributed by atoms with van der Waals surface area (Å²) in [4.78, 5) is 19.2. The van der Waals surface area contributed by atoms with Crippen molar-refractivity contribution in [3.63, 3.8) is 0 Å². The van der Waals surface area contributed by atoms with E-state index in [1.165, 1.54) is 0 Å². The minimum atomic E-state index is -0.329. The molecule has 0 amide bonds. The first-order chi connectivity index (χ1) is 15.7. The van der Waals surface area contributed by atoms with Crippen LogP contribution in [0.3, 0.4) is 0 Å². The summed E-state index contributed by atoms with van der Waals surface area (Å²) in [5.74, 6) is 1.52. The van der Waals surface area contributed by atoms with Gasteiger partial charge in [-0.25, -0.2) is 4.79 Å². The number of esters is 1. The fraction of sp³-hybridized carbons (Fsp3) is 0.609. The Morgan fingerprint density at radius 1 is 1.38 bits per heavy atom. The summed E-state index contributed by atoms with van der Waals surface area (Å²) in [5, 5.41) is 7.96. The monoisotopic (exact) mass is 443 g/mol. The van der Waals surface area contributed by atoms with Gasteiger partial charge in [0.2, 0.25) is 0 Å². The number of piperidine rings is 1. The number of aromatic nitrogens is 2. The largest absolute Gasteiger partial charge is 0.469 e. The van der Waals surface area contributed by atoms with E-state index in [-0.39, 0.29) is 18.1 Å². The number of ether oxygens (including phenoxy) is 2. The number of guanidine groups is 1. The first-order valence-corrected chi connectivity index (χ1v) is 11.6. The van der Waals surface area contributed by atoms with E-state index in [1.54, 1.807) is 25.6 Å². The smallest absolute Gasteiger partial charge is 0.341 e. The predicted molar refractivity (Wildman–Crippen MR) is 120 cm³/mol. The van der Waals surface area contributed by atoms with Crippen LogP contribution in [-0.2, 0) is 15.9 Å². The lowest BCUT2D eigenvalue weighted by atomic mass is 10.1. The minimum absolute atomic E-state index is 0.173. The molecule has 0 saturated carbocycles. The summed E-state index contributed by atoms with van der Waals surface area (Å²) in [5.41, 5.74) is 0.493. The number of carbonyl (C=O) groups is 1. The second-order valence-corrected chi connectivity index (χ2v) is 8.23. The molecule has 1 N–H and O–H groups in total. The van der Waals surface area contributed by atoms with Crippen LogP contribution >= 0.6 is 0 Å². The summed E-state index contributed by atoms with van der Waals surface area (Å²) in [6, 6.07) is 4.07. The van der Waals surface area contributed by atoms with Crippen molar-refractivity contribution in [3.05, 3.63) is 42.1 Å². The molecule has 9 nitrogen and oxygen atoms in total. The van der Waals surface area contributed by atoms with Crippen molar-refractivity contribution < 1.29 is 18.7 Å². The van der Waals surface area contributed by atoms with Crippen LogP contribution in [0.1, 0.15) is 54.8 Å². The molecule has 2 atom stereocenters. The quantitative estimate of drug-likeness (QED) is 0.381. The van der Waals surface area contributed by atoms with Crippen molar-refractivity contribution in [2.45, 2.75) is 51.2 Å². The van der Waals surface area contributed by atoms with Crippen molar-refractivity contribution in [2.24, 2.45) is 4.99 Å². The van der Waals surface area contributed by atoms with Crippen molar-refractivity contribution in [1.29, 1.82) is 0 Å². The zero-order valence-corrected chi connectivity index (χ0v) is 18.7. The Balaban J connectivity index is 1.40. The molecular formula is C23H33N5O4. The Bertz CT molecular complexity index is 873. The van der Waals surface area contributed by atoms with Gasteiger partial charge in [0, 0.05) is 38.9 Å². The van der Waals surface area contributed by atoms with Crippen LogP contribution in [0.5, 0.6) is 0 Å². The summed E-state index contributed by atoms with van der Waals surface area (Å²) >= 11 is 0. The topological polar surface area (TPSA) is 94.1 Å². The molecule has 4 rings (SSSR count). The van der Waals surface area contributed by atoms with Gasteiger partial charge < -0.3 is 24.1 Å². The van der Waals surface area contributed by atoms with Gasteiger partial charge in [0.05, 0.1) is 43.3 Å². The maximum absolute atomic E-state index is 12.0. The predicted octanol–water partition coefficient (Wildman–Crippen LogP) is 2.66. The summed E-state index contributed by atoms with van der Waals surface area (Å²) < 4.78 is 18.2. The van der Waals surface area contributed by atoms with E-state index < -0.39 is 0 Å². The highest BCUT2D eigenvalue weighted by atomic mass is 16.5. The van der Waals surface area contributed by atoms with Gasteiger partial charge in [-0.05, 0) is 44.7 Å². The highest BCUT2D eigenvalue weighted by Gasteiger charge is 2.26. The first-order valence-electron chi connectivity index (χ1n) is 11.6. The maximum atomic E-state index is 12.0. The Kier molecular flexibility index (Phi) is 7.82. The van der Waals surface area contributed by atoms with Crippen molar-refractivity contribution in [3.8, 4) is 0 Å². The van der Waals surface area contributed by atoms with E-state index in [0.717, 1.165) is 70.1 Å². The molecule has 2 aliphatic heterocycles. The number of nitrogens with zero attached hydrogens (tertiary/aromatic N) is 4. The molecular weight excluding hydrogens is 410 g/mol. The highest BCUT2D eigenvalue weighted by Crippen LogP contribution is 2.22. The lowest BCUT2D eigenvalue weighted by Gasteiger charge is -2.35. The van der Waals surface area contributed by atoms with Gasteiger partial charge in [0.15, 0.2) is 5.96 Å². The van der Waals surface area contributed by atoms with Gasteiger partial charge >= 0.3 is 5.97 Å². The summed E-state index contributed by atoms with van der Waals surface area (Å²) in [6.45, 7) is 6.11.